The van der Waals surface area contributed by atoms with Crippen molar-refractivity contribution in [1.82, 2.24) is 5.32 Å². The molecule has 0 aliphatic carbocycles. The molecule has 0 amide bonds. The Bertz CT molecular complexity index is 331. The third kappa shape index (κ3) is 5.70. The zero-order valence-electron chi connectivity index (χ0n) is 11.9. The summed E-state index contributed by atoms with van der Waals surface area (Å²) >= 11 is 0. The van der Waals surface area contributed by atoms with Crippen LogP contribution in [0.4, 0.5) is 0 Å². The summed E-state index contributed by atoms with van der Waals surface area (Å²) in [5, 5.41) is 13.0. The van der Waals surface area contributed by atoms with Crippen molar-refractivity contribution in [2.24, 2.45) is 0 Å². The molecule has 1 aromatic carbocycles. The Labute approximate surface area is 115 Å². The van der Waals surface area contributed by atoms with Crippen LogP contribution in [0.2, 0.25) is 0 Å². The van der Waals surface area contributed by atoms with Crippen molar-refractivity contribution in [3.8, 4) is 0 Å². The van der Waals surface area contributed by atoms with Crippen LogP contribution in [-0.4, -0.2) is 45.2 Å². The van der Waals surface area contributed by atoms with Crippen LogP contribution in [0.1, 0.15) is 18.9 Å². The Morgan fingerprint density at radius 2 is 1.89 bits per heavy atom. The fourth-order valence-corrected chi connectivity index (χ4v) is 1.84. The summed E-state index contributed by atoms with van der Waals surface area (Å²) < 4.78 is 10.3. The van der Waals surface area contributed by atoms with Crippen LogP contribution in [0.3, 0.4) is 0 Å². The predicted molar refractivity (Wildman–Crippen MR) is 76.2 cm³/mol. The SMILES string of the molecule is COCCOCCCNC(C)(CO)c1ccccc1. The predicted octanol–water partition coefficient (Wildman–Crippen LogP) is 1.54. The molecule has 19 heavy (non-hydrogen) atoms. The van der Waals surface area contributed by atoms with Crippen LogP contribution in [0.15, 0.2) is 30.3 Å². The van der Waals surface area contributed by atoms with Gasteiger partial charge in [-0.2, -0.15) is 0 Å². The van der Waals surface area contributed by atoms with Crippen molar-refractivity contribution >= 4 is 0 Å². The number of aliphatic hydroxyl groups excluding tert-OH is 1. The third-order valence-electron chi connectivity index (χ3n) is 3.14. The highest BCUT2D eigenvalue weighted by Gasteiger charge is 2.24. The first-order valence-electron chi connectivity index (χ1n) is 6.71. The lowest BCUT2D eigenvalue weighted by Crippen LogP contribution is -2.43. The second-order valence-corrected chi connectivity index (χ2v) is 4.74. The van der Waals surface area contributed by atoms with Gasteiger partial charge in [-0.3, -0.25) is 0 Å². The first-order valence-corrected chi connectivity index (χ1v) is 6.71. The first kappa shape index (κ1) is 16.1. The maximum absolute atomic E-state index is 9.60. The number of hydrogen-bond acceptors (Lipinski definition) is 4. The molecule has 0 aromatic heterocycles. The average molecular weight is 267 g/mol. The zero-order chi connectivity index (χ0) is 14.0. The number of nitrogens with one attached hydrogen (secondary N) is 1. The van der Waals surface area contributed by atoms with Crippen LogP contribution in [0, 0.1) is 0 Å². The van der Waals surface area contributed by atoms with E-state index in [4.69, 9.17) is 9.47 Å². The first-order chi connectivity index (χ1) is 9.23. The molecule has 0 radical (unpaired) electrons. The monoisotopic (exact) mass is 267 g/mol. The van der Waals surface area contributed by atoms with Crippen LogP contribution < -0.4 is 5.32 Å². The molecule has 0 saturated carbocycles. The van der Waals surface area contributed by atoms with Gasteiger partial charge in [0.2, 0.25) is 0 Å². The molecule has 1 rings (SSSR count). The maximum Gasteiger partial charge on any atom is 0.0700 e. The fourth-order valence-electron chi connectivity index (χ4n) is 1.84. The summed E-state index contributed by atoms with van der Waals surface area (Å²) in [4.78, 5) is 0. The number of methoxy groups -OCH3 is 1. The van der Waals surface area contributed by atoms with Gasteiger partial charge >= 0.3 is 0 Å². The minimum absolute atomic E-state index is 0.0710. The van der Waals surface area contributed by atoms with Gasteiger partial charge in [-0.05, 0) is 25.5 Å². The van der Waals surface area contributed by atoms with Gasteiger partial charge in [0, 0.05) is 13.7 Å². The van der Waals surface area contributed by atoms with Gasteiger partial charge in [0.1, 0.15) is 0 Å². The minimum atomic E-state index is -0.395. The molecule has 0 bridgehead atoms. The molecule has 0 aliphatic heterocycles. The summed E-state index contributed by atoms with van der Waals surface area (Å²) in [6, 6.07) is 10.00. The van der Waals surface area contributed by atoms with Gasteiger partial charge in [-0.1, -0.05) is 30.3 Å². The van der Waals surface area contributed by atoms with Gasteiger partial charge in [-0.15, -0.1) is 0 Å². The van der Waals surface area contributed by atoms with E-state index in [2.05, 4.69) is 5.32 Å². The molecule has 108 valence electrons. The molecule has 0 fully saturated rings. The molecule has 2 N–H and O–H groups in total. The van der Waals surface area contributed by atoms with Crippen molar-refractivity contribution in [1.29, 1.82) is 0 Å². The van der Waals surface area contributed by atoms with Gasteiger partial charge in [0.05, 0.1) is 25.4 Å². The third-order valence-corrected chi connectivity index (χ3v) is 3.14. The van der Waals surface area contributed by atoms with Crippen molar-refractivity contribution in [3.63, 3.8) is 0 Å². The van der Waals surface area contributed by atoms with Gasteiger partial charge < -0.3 is 19.9 Å². The Morgan fingerprint density at radius 3 is 2.53 bits per heavy atom. The largest absolute Gasteiger partial charge is 0.394 e. The Hall–Kier alpha value is -0.940. The maximum atomic E-state index is 9.60. The van der Waals surface area contributed by atoms with E-state index in [1.807, 2.05) is 37.3 Å². The summed E-state index contributed by atoms with van der Waals surface area (Å²) in [7, 11) is 1.66. The van der Waals surface area contributed by atoms with E-state index in [0.717, 1.165) is 18.5 Å². The molecule has 4 nitrogen and oxygen atoms in total. The molecule has 0 saturated heterocycles. The number of aliphatic hydroxyl groups is 1. The molecular weight excluding hydrogens is 242 g/mol. The Balaban J connectivity index is 2.29. The van der Waals surface area contributed by atoms with E-state index in [1.165, 1.54) is 0 Å². The molecule has 0 spiro atoms. The summed E-state index contributed by atoms with van der Waals surface area (Å²) in [6.07, 6.45) is 0.909. The minimum Gasteiger partial charge on any atom is -0.394 e. The van der Waals surface area contributed by atoms with E-state index in [0.29, 0.717) is 19.8 Å². The normalized spacial score (nSPS) is 14.3. The number of hydrogen-bond donors (Lipinski definition) is 2. The van der Waals surface area contributed by atoms with Gasteiger partial charge in [0.25, 0.3) is 0 Å². The molecule has 4 heteroatoms. The van der Waals surface area contributed by atoms with Crippen LogP contribution in [0.25, 0.3) is 0 Å². The fraction of sp³-hybridized carbons (Fsp3) is 0.600. The lowest BCUT2D eigenvalue weighted by atomic mass is 9.93. The number of benzene rings is 1. The van der Waals surface area contributed by atoms with E-state index in [-0.39, 0.29) is 6.61 Å². The van der Waals surface area contributed by atoms with Gasteiger partial charge in [-0.25, -0.2) is 0 Å². The Morgan fingerprint density at radius 1 is 1.16 bits per heavy atom. The highest BCUT2D eigenvalue weighted by molar-refractivity contribution is 5.23. The quantitative estimate of drug-likeness (QED) is 0.631. The molecule has 1 atom stereocenters. The smallest absolute Gasteiger partial charge is 0.0700 e. The molecule has 1 unspecified atom stereocenters. The molecule has 0 heterocycles. The standard InChI is InChI=1S/C15H25NO3/c1-15(13-17,14-7-4-3-5-8-14)16-9-6-10-19-12-11-18-2/h3-5,7-8,16-17H,6,9-13H2,1-2H3. The van der Waals surface area contributed by atoms with Crippen molar-refractivity contribution < 1.29 is 14.6 Å². The van der Waals surface area contributed by atoms with Crippen molar-refractivity contribution in [2.75, 3.05) is 40.1 Å². The lowest BCUT2D eigenvalue weighted by molar-refractivity contribution is 0.0678. The number of rotatable bonds is 10. The van der Waals surface area contributed by atoms with E-state index in [1.54, 1.807) is 7.11 Å². The Kier molecular flexibility index (Phi) is 7.67. The molecule has 1 aromatic rings. The second kappa shape index (κ2) is 9.04. The lowest BCUT2D eigenvalue weighted by Gasteiger charge is -2.29. The van der Waals surface area contributed by atoms with E-state index >= 15 is 0 Å². The van der Waals surface area contributed by atoms with E-state index < -0.39 is 5.54 Å². The molecular formula is C15H25NO3. The van der Waals surface area contributed by atoms with E-state index in [9.17, 15) is 5.11 Å². The summed E-state index contributed by atoms with van der Waals surface area (Å²) in [6.45, 7) is 4.85. The number of ether oxygens (including phenoxy) is 2. The topological polar surface area (TPSA) is 50.7 Å². The summed E-state index contributed by atoms with van der Waals surface area (Å²) in [5.74, 6) is 0. The van der Waals surface area contributed by atoms with Crippen molar-refractivity contribution in [3.05, 3.63) is 35.9 Å². The highest BCUT2D eigenvalue weighted by Crippen LogP contribution is 2.19. The summed E-state index contributed by atoms with van der Waals surface area (Å²) in [5.41, 5.74) is 0.700. The van der Waals surface area contributed by atoms with Crippen molar-refractivity contribution in [2.45, 2.75) is 18.9 Å². The molecule has 0 aliphatic rings. The van der Waals surface area contributed by atoms with Crippen LogP contribution in [0.5, 0.6) is 0 Å². The van der Waals surface area contributed by atoms with Crippen LogP contribution >= 0.6 is 0 Å². The second-order valence-electron chi connectivity index (χ2n) is 4.74. The van der Waals surface area contributed by atoms with Crippen LogP contribution in [-0.2, 0) is 15.0 Å². The van der Waals surface area contributed by atoms with Gasteiger partial charge in [0.15, 0.2) is 0 Å². The zero-order valence-corrected chi connectivity index (χ0v) is 11.9. The average Bonchev–Trinajstić information content (AvgIpc) is 2.47. The highest BCUT2D eigenvalue weighted by atomic mass is 16.5.